The van der Waals surface area contributed by atoms with Crippen LogP contribution < -0.4 is 0 Å². The first-order chi connectivity index (χ1) is 8.62. The van der Waals surface area contributed by atoms with E-state index < -0.39 is 19.4 Å². The predicted octanol–water partition coefficient (Wildman–Crippen LogP) is 3.12. The van der Waals surface area contributed by atoms with Gasteiger partial charge in [0.25, 0.3) is 0 Å². The maximum atomic E-state index is 12.6. The van der Waals surface area contributed by atoms with Crippen LogP contribution in [0.3, 0.4) is 0 Å². The highest BCUT2D eigenvalue weighted by atomic mass is 31.2. The van der Waals surface area contributed by atoms with Crippen LogP contribution in [-0.2, 0) is 18.3 Å². The molecule has 0 radical (unpaired) electrons. The molecule has 18 heavy (non-hydrogen) atoms. The van der Waals surface area contributed by atoms with Crippen molar-refractivity contribution < 1.29 is 23.1 Å². The maximum Gasteiger partial charge on any atom is 0.375 e. The molecule has 1 unspecified atom stereocenters. The van der Waals surface area contributed by atoms with Crippen LogP contribution in [0.1, 0.15) is 35.6 Å². The molecule has 0 bridgehead atoms. The van der Waals surface area contributed by atoms with E-state index in [9.17, 15) is 9.36 Å². The second-order valence-electron chi connectivity index (χ2n) is 3.72. The first-order valence-electron chi connectivity index (χ1n) is 5.81. The highest BCUT2D eigenvalue weighted by Crippen LogP contribution is 2.63. The Labute approximate surface area is 106 Å². The summed E-state index contributed by atoms with van der Waals surface area (Å²) in [7, 11) is -3.48. The largest absolute Gasteiger partial charge is 0.441 e. The Morgan fingerprint density at radius 1 is 1.22 bits per heavy atom. The quantitative estimate of drug-likeness (QED) is 0.607. The SMILES string of the molecule is CCOP(=O)(OCC)C1OC(=O)c2ccccc21. The van der Waals surface area contributed by atoms with Gasteiger partial charge in [0.1, 0.15) is 0 Å². The number of carbonyl (C=O) groups is 1. The molecule has 1 aliphatic rings. The van der Waals surface area contributed by atoms with Crippen molar-refractivity contribution in [3.05, 3.63) is 35.4 Å². The molecular formula is C12H15O5P. The summed E-state index contributed by atoms with van der Waals surface area (Å²) in [5, 5.41) is 0. The lowest BCUT2D eigenvalue weighted by Crippen LogP contribution is -2.06. The third-order valence-electron chi connectivity index (χ3n) is 2.57. The lowest BCUT2D eigenvalue weighted by Gasteiger charge is -2.22. The molecule has 1 aromatic carbocycles. The highest BCUT2D eigenvalue weighted by molar-refractivity contribution is 7.54. The fourth-order valence-electron chi connectivity index (χ4n) is 1.89. The van der Waals surface area contributed by atoms with Crippen LogP contribution in [0.15, 0.2) is 24.3 Å². The van der Waals surface area contributed by atoms with Gasteiger partial charge in [0.15, 0.2) is 0 Å². The average molecular weight is 270 g/mol. The van der Waals surface area contributed by atoms with Crippen molar-refractivity contribution in [1.82, 2.24) is 0 Å². The van der Waals surface area contributed by atoms with Gasteiger partial charge >= 0.3 is 13.6 Å². The summed E-state index contributed by atoms with van der Waals surface area (Å²) >= 11 is 0. The van der Waals surface area contributed by atoms with E-state index in [2.05, 4.69) is 0 Å². The summed E-state index contributed by atoms with van der Waals surface area (Å²) in [6.07, 6.45) is 0. The van der Waals surface area contributed by atoms with Crippen LogP contribution in [-0.4, -0.2) is 19.2 Å². The lowest BCUT2D eigenvalue weighted by molar-refractivity contribution is 0.0440. The second kappa shape index (κ2) is 5.22. The lowest BCUT2D eigenvalue weighted by atomic mass is 10.1. The molecule has 98 valence electrons. The fourth-order valence-corrected chi connectivity index (χ4v) is 3.75. The Bertz CT molecular complexity index is 489. The summed E-state index contributed by atoms with van der Waals surface area (Å²) in [6, 6.07) is 6.83. The van der Waals surface area contributed by atoms with Gasteiger partial charge in [0.2, 0.25) is 5.85 Å². The molecule has 0 saturated heterocycles. The average Bonchev–Trinajstić information content (AvgIpc) is 2.69. The van der Waals surface area contributed by atoms with Gasteiger partial charge in [-0.3, -0.25) is 4.57 Å². The number of esters is 1. The van der Waals surface area contributed by atoms with Crippen molar-refractivity contribution in [1.29, 1.82) is 0 Å². The molecule has 1 aromatic rings. The van der Waals surface area contributed by atoms with Gasteiger partial charge < -0.3 is 13.8 Å². The van der Waals surface area contributed by atoms with Crippen LogP contribution in [0.4, 0.5) is 0 Å². The Morgan fingerprint density at radius 2 is 1.83 bits per heavy atom. The van der Waals surface area contributed by atoms with Gasteiger partial charge in [-0.05, 0) is 19.9 Å². The zero-order valence-electron chi connectivity index (χ0n) is 10.3. The summed E-state index contributed by atoms with van der Waals surface area (Å²) in [6.45, 7) is 3.89. The Morgan fingerprint density at radius 3 is 2.44 bits per heavy atom. The smallest absolute Gasteiger partial charge is 0.375 e. The van der Waals surface area contributed by atoms with E-state index in [1.807, 2.05) is 0 Å². The Balaban J connectivity index is 2.40. The number of benzene rings is 1. The highest BCUT2D eigenvalue weighted by Gasteiger charge is 2.46. The van der Waals surface area contributed by atoms with E-state index in [-0.39, 0.29) is 13.2 Å². The molecule has 1 aliphatic heterocycles. The molecule has 0 spiro atoms. The zero-order valence-corrected chi connectivity index (χ0v) is 11.2. The molecule has 0 saturated carbocycles. The zero-order chi connectivity index (χ0) is 13.2. The first kappa shape index (κ1) is 13.3. The predicted molar refractivity (Wildman–Crippen MR) is 65.5 cm³/mol. The number of ether oxygens (including phenoxy) is 1. The monoisotopic (exact) mass is 270 g/mol. The van der Waals surface area contributed by atoms with E-state index in [1.54, 1.807) is 38.1 Å². The molecule has 2 rings (SSSR count). The molecular weight excluding hydrogens is 255 g/mol. The first-order valence-corrected chi connectivity index (χ1v) is 7.42. The standard InChI is InChI=1S/C12H15O5P/c1-3-15-18(14,16-4-2)12-10-8-6-5-7-9(10)11(13)17-12/h5-8,12H,3-4H2,1-2H3. The third kappa shape index (κ3) is 2.21. The van der Waals surface area contributed by atoms with Gasteiger partial charge in [-0.15, -0.1) is 0 Å². The maximum absolute atomic E-state index is 12.6. The minimum Gasteiger partial charge on any atom is -0.441 e. The molecule has 1 heterocycles. The topological polar surface area (TPSA) is 61.8 Å². The van der Waals surface area contributed by atoms with Crippen molar-refractivity contribution >= 4 is 13.6 Å². The Hall–Kier alpha value is -1.16. The van der Waals surface area contributed by atoms with Crippen molar-refractivity contribution in [3.63, 3.8) is 0 Å². The van der Waals surface area contributed by atoms with E-state index in [1.165, 1.54) is 0 Å². The molecule has 0 fully saturated rings. The number of hydrogen-bond acceptors (Lipinski definition) is 5. The van der Waals surface area contributed by atoms with E-state index in [0.717, 1.165) is 0 Å². The summed E-state index contributed by atoms with van der Waals surface area (Å²) in [5.74, 6) is -1.45. The van der Waals surface area contributed by atoms with Crippen LogP contribution in [0.5, 0.6) is 0 Å². The van der Waals surface area contributed by atoms with Crippen LogP contribution >= 0.6 is 7.60 Å². The fraction of sp³-hybridized carbons (Fsp3) is 0.417. The number of fused-ring (bicyclic) bond motifs is 1. The van der Waals surface area contributed by atoms with Gasteiger partial charge in [-0.25, -0.2) is 4.79 Å². The normalized spacial score (nSPS) is 18.6. The van der Waals surface area contributed by atoms with Gasteiger partial charge in [-0.1, -0.05) is 18.2 Å². The molecule has 0 aliphatic carbocycles. The van der Waals surface area contributed by atoms with Crippen LogP contribution in [0.2, 0.25) is 0 Å². The number of cyclic esters (lactones) is 1. The van der Waals surface area contributed by atoms with E-state index in [4.69, 9.17) is 13.8 Å². The van der Waals surface area contributed by atoms with Gasteiger partial charge in [0, 0.05) is 5.56 Å². The minimum absolute atomic E-state index is 0.230. The summed E-state index contributed by atoms with van der Waals surface area (Å²) in [4.78, 5) is 11.7. The molecule has 0 amide bonds. The number of hydrogen-bond donors (Lipinski definition) is 0. The van der Waals surface area contributed by atoms with E-state index in [0.29, 0.717) is 11.1 Å². The third-order valence-corrected chi connectivity index (χ3v) is 4.76. The molecule has 6 heteroatoms. The van der Waals surface area contributed by atoms with Crippen LogP contribution in [0.25, 0.3) is 0 Å². The summed E-state index contributed by atoms with van der Waals surface area (Å²) < 4.78 is 28.2. The minimum atomic E-state index is -3.48. The molecule has 0 aromatic heterocycles. The van der Waals surface area contributed by atoms with Crippen molar-refractivity contribution in [2.75, 3.05) is 13.2 Å². The van der Waals surface area contributed by atoms with Gasteiger partial charge in [0.05, 0.1) is 18.8 Å². The summed E-state index contributed by atoms with van der Waals surface area (Å²) in [5.41, 5.74) is 0.981. The molecule has 0 N–H and O–H groups in total. The van der Waals surface area contributed by atoms with Crippen LogP contribution in [0, 0.1) is 0 Å². The molecule has 1 atom stereocenters. The molecule has 5 nitrogen and oxygen atoms in total. The van der Waals surface area contributed by atoms with Crippen molar-refractivity contribution in [2.45, 2.75) is 19.7 Å². The number of rotatable bonds is 5. The van der Waals surface area contributed by atoms with Crippen molar-refractivity contribution in [2.24, 2.45) is 0 Å². The second-order valence-corrected chi connectivity index (χ2v) is 5.79. The number of carbonyl (C=O) groups excluding carboxylic acids is 1. The van der Waals surface area contributed by atoms with Crippen molar-refractivity contribution in [3.8, 4) is 0 Å². The Kier molecular flexibility index (Phi) is 3.85. The van der Waals surface area contributed by atoms with Gasteiger partial charge in [-0.2, -0.15) is 0 Å². The van der Waals surface area contributed by atoms with E-state index >= 15 is 0 Å².